The Balaban J connectivity index is 1.50. The third-order valence-corrected chi connectivity index (χ3v) is 5.87. The summed E-state index contributed by atoms with van der Waals surface area (Å²) in [5.41, 5.74) is 3.12. The van der Waals surface area contributed by atoms with Gasteiger partial charge in [0.2, 0.25) is 0 Å². The lowest BCUT2D eigenvalue weighted by molar-refractivity contribution is 0.0546. The molecular weight excluding hydrogens is 379 g/mol. The van der Waals surface area contributed by atoms with E-state index >= 15 is 0 Å². The van der Waals surface area contributed by atoms with Gasteiger partial charge >= 0.3 is 0 Å². The molecule has 1 saturated heterocycles. The summed E-state index contributed by atoms with van der Waals surface area (Å²) in [4.78, 5) is 19.0. The van der Waals surface area contributed by atoms with Crippen molar-refractivity contribution in [3.8, 4) is 11.1 Å². The molecule has 0 bridgehead atoms. The van der Waals surface area contributed by atoms with Crippen molar-refractivity contribution < 1.29 is 14.3 Å². The first-order chi connectivity index (χ1) is 14.6. The number of hydrogen-bond donors (Lipinski definition) is 1. The average molecular weight is 400 g/mol. The number of nitrogens with zero attached hydrogens (tertiary/aromatic N) is 2. The van der Waals surface area contributed by atoms with Crippen molar-refractivity contribution in [3.05, 3.63) is 78.2 Å². The summed E-state index contributed by atoms with van der Waals surface area (Å²) >= 11 is 0. The number of rotatable bonds is 2. The zero-order valence-corrected chi connectivity index (χ0v) is 16.4. The number of likely N-dealkylation sites (tertiary alicyclic amines) is 1. The molecule has 1 aromatic heterocycles. The molecule has 0 spiro atoms. The van der Waals surface area contributed by atoms with Gasteiger partial charge in [0, 0.05) is 35.8 Å². The van der Waals surface area contributed by atoms with Gasteiger partial charge in [-0.1, -0.05) is 18.2 Å². The highest BCUT2D eigenvalue weighted by Crippen LogP contribution is 2.31. The number of hydrogen-bond acceptors (Lipinski definition) is 3. The van der Waals surface area contributed by atoms with Crippen LogP contribution in [0.2, 0.25) is 0 Å². The summed E-state index contributed by atoms with van der Waals surface area (Å²) < 4.78 is 14.1. The van der Waals surface area contributed by atoms with Crippen LogP contribution in [-0.4, -0.2) is 40.1 Å². The number of carbonyl (C=O) groups is 1. The molecule has 0 radical (unpaired) electrons. The zero-order valence-electron chi connectivity index (χ0n) is 16.4. The van der Waals surface area contributed by atoms with Gasteiger partial charge < -0.3 is 10.0 Å². The minimum absolute atomic E-state index is 0.00149. The molecule has 1 N–H and O–H groups in total. The van der Waals surface area contributed by atoms with Crippen LogP contribution in [0.4, 0.5) is 4.39 Å². The highest BCUT2D eigenvalue weighted by Gasteiger charge is 2.22. The first kappa shape index (κ1) is 18.7. The molecule has 150 valence electrons. The van der Waals surface area contributed by atoms with Gasteiger partial charge in [-0.15, -0.1) is 0 Å². The average Bonchev–Trinajstić information content (AvgIpc) is 2.79. The number of aromatic nitrogens is 1. The van der Waals surface area contributed by atoms with Gasteiger partial charge in [0.25, 0.3) is 5.91 Å². The summed E-state index contributed by atoms with van der Waals surface area (Å²) in [5.74, 6) is -0.280. The number of piperidine rings is 1. The maximum absolute atomic E-state index is 14.1. The van der Waals surface area contributed by atoms with Crippen LogP contribution in [0.1, 0.15) is 23.2 Å². The molecule has 1 aliphatic heterocycles. The molecule has 0 aliphatic carbocycles. The van der Waals surface area contributed by atoms with Gasteiger partial charge in [-0.25, -0.2) is 4.39 Å². The quantitative estimate of drug-likeness (QED) is 0.526. The summed E-state index contributed by atoms with van der Waals surface area (Å²) in [6, 6.07) is 18.4. The van der Waals surface area contributed by atoms with Crippen molar-refractivity contribution in [3.63, 3.8) is 0 Å². The molecule has 4 aromatic rings. The standard InChI is InChI=1S/C25H21FN2O2/c26-23-8-7-21(24-22(23)2-1-11-27-24)18-5-3-17-15-19(6-4-16(17)14-18)25(30)28-12-9-20(29)10-13-28/h1-8,11,14-15,20,29H,9-10,12-13H2. The maximum Gasteiger partial charge on any atom is 0.253 e. The summed E-state index contributed by atoms with van der Waals surface area (Å²) in [6.07, 6.45) is 2.62. The van der Waals surface area contributed by atoms with Crippen molar-refractivity contribution >= 4 is 27.6 Å². The molecule has 0 saturated carbocycles. The Kier molecular flexibility index (Phi) is 4.68. The molecule has 3 aromatic carbocycles. The van der Waals surface area contributed by atoms with Crippen LogP contribution >= 0.6 is 0 Å². The second kappa shape index (κ2) is 7.50. The van der Waals surface area contributed by atoms with E-state index in [9.17, 15) is 14.3 Å². The molecular formula is C25H21FN2O2. The van der Waals surface area contributed by atoms with Crippen LogP contribution in [0.5, 0.6) is 0 Å². The number of pyridine rings is 1. The molecule has 1 amide bonds. The largest absolute Gasteiger partial charge is 0.393 e. The lowest BCUT2D eigenvalue weighted by Crippen LogP contribution is -2.40. The Morgan fingerprint density at radius 1 is 1.00 bits per heavy atom. The molecule has 2 heterocycles. The molecule has 0 atom stereocenters. The molecule has 5 heteroatoms. The summed E-state index contributed by atoms with van der Waals surface area (Å²) in [5, 5.41) is 12.1. The van der Waals surface area contributed by atoms with Crippen molar-refractivity contribution in [2.24, 2.45) is 0 Å². The van der Waals surface area contributed by atoms with E-state index in [1.165, 1.54) is 6.07 Å². The van der Waals surface area contributed by atoms with E-state index in [1.807, 2.05) is 36.4 Å². The van der Waals surface area contributed by atoms with Gasteiger partial charge in [0.15, 0.2) is 0 Å². The van der Waals surface area contributed by atoms with Crippen LogP contribution in [-0.2, 0) is 0 Å². The predicted octanol–water partition coefficient (Wildman–Crippen LogP) is 4.79. The van der Waals surface area contributed by atoms with Crippen molar-refractivity contribution in [1.82, 2.24) is 9.88 Å². The number of aliphatic hydroxyl groups is 1. The van der Waals surface area contributed by atoms with Crippen LogP contribution in [0, 0.1) is 5.82 Å². The van der Waals surface area contributed by atoms with Crippen LogP contribution in [0.15, 0.2) is 66.9 Å². The van der Waals surface area contributed by atoms with Gasteiger partial charge in [0.05, 0.1) is 11.6 Å². The van der Waals surface area contributed by atoms with Gasteiger partial charge in [-0.2, -0.15) is 0 Å². The predicted molar refractivity (Wildman–Crippen MR) is 116 cm³/mol. The normalized spacial score (nSPS) is 15.1. The Morgan fingerprint density at radius 2 is 1.77 bits per heavy atom. The van der Waals surface area contributed by atoms with E-state index in [2.05, 4.69) is 4.98 Å². The third kappa shape index (κ3) is 3.31. The Labute approximate surface area is 173 Å². The highest BCUT2D eigenvalue weighted by atomic mass is 19.1. The fourth-order valence-electron chi connectivity index (χ4n) is 4.17. The fraction of sp³-hybridized carbons (Fsp3) is 0.200. The fourth-order valence-corrected chi connectivity index (χ4v) is 4.17. The van der Waals surface area contributed by atoms with E-state index in [0.717, 1.165) is 21.9 Å². The number of benzene rings is 3. The molecule has 4 nitrogen and oxygen atoms in total. The number of amides is 1. The lowest BCUT2D eigenvalue weighted by Gasteiger charge is -2.29. The topological polar surface area (TPSA) is 53.4 Å². The molecule has 1 fully saturated rings. The molecule has 1 aliphatic rings. The van der Waals surface area contributed by atoms with E-state index in [1.54, 1.807) is 29.3 Å². The summed E-state index contributed by atoms with van der Waals surface area (Å²) in [6.45, 7) is 1.17. The second-order valence-electron chi connectivity index (χ2n) is 7.79. The van der Waals surface area contributed by atoms with Crippen molar-refractivity contribution in [1.29, 1.82) is 0 Å². The van der Waals surface area contributed by atoms with Crippen LogP contribution < -0.4 is 0 Å². The van der Waals surface area contributed by atoms with E-state index in [4.69, 9.17) is 0 Å². The van der Waals surface area contributed by atoms with Crippen LogP contribution in [0.3, 0.4) is 0 Å². The van der Waals surface area contributed by atoms with Gasteiger partial charge in [0.1, 0.15) is 5.82 Å². The highest BCUT2D eigenvalue weighted by molar-refractivity contribution is 6.01. The monoisotopic (exact) mass is 400 g/mol. The van der Waals surface area contributed by atoms with Crippen molar-refractivity contribution in [2.45, 2.75) is 18.9 Å². The van der Waals surface area contributed by atoms with E-state index in [0.29, 0.717) is 42.4 Å². The van der Waals surface area contributed by atoms with Gasteiger partial charge in [-0.05, 0) is 71.6 Å². The minimum atomic E-state index is -0.305. The van der Waals surface area contributed by atoms with E-state index < -0.39 is 0 Å². The molecule has 5 rings (SSSR count). The number of fused-ring (bicyclic) bond motifs is 2. The number of aliphatic hydroxyl groups excluding tert-OH is 1. The number of halogens is 1. The molecule has 30 heavy (non-hydrogen) atoms. The minimum Gasteiger partial charge on any atom is -0.393 e. The maximum atomic E-state index is 14.1. The first-order valence-electron chi connectivity index (χ1n) is 10.1. The first-order valence-corrected chi connectivity index (χ1v) is 10.1. The zero-order chi connectivity index (χ0) is 20.7. The SMILES string of the molecule is O=C(c1ccc2cc(-c3ccc(F)c4cccnc34)ccc2c1)N1CCC(O)CC1. The van der Waals surface area contributed by atoms with Crippen LogP contribution in [0.25, 0.3) is 32.8 Å². The molecule has 0 unspecified atom stereocenters. The second-order valence-corrected chi connectivity index (χ2v) is 7.79. The smallest absolute Gasteiger partial charge is 0.253 e. The lowest BCUT2D eigenvalue weighted by atomic mass is 9.97. The Hall–Kier alpha value is -3.31. The Morgan fingerprint density at radius 3 is 2.60 bits per heavy atom. The van der Waals surface area contributed by atoms with Gasteiger partial charge in [-0.3, -0.25) is 9.78 Å². The summed E-state index contributed by atoms with van der Waals surface area (Å²) in [7, 11) is 0. The van der Waals surface area contributed by atoms with Crippen molar-refractivity contribution in [2.75, 3.05) is 13.1 Å². The number of carbonyl (C=O) groups excluding carboxylic acids is 1. The Bertz CT molecular complexity index is 1260. The van der Waals surface area contributed by atoms with E-state index in [-0.39, 0.29) is 17.8 Å². The third-order valence-electron chi connectivity index (χ3n) is 5.87.